The van der Waals surface area contributed by atoms with Crippen molar-refractivity contribution in [3.05, 3.63) is 10.1 Å². The van der Waals surface area contributed by atoms with E-state index in [0.717, 1.165) is 39.1 Å². The maximum absolute atomic E-state index is 10.0. The summed E-state index contributed by atoms with van der Waals surface area (Å²) in [6.07, 6.45) is 1.65. The second-order valence-electron chi connectivity index (χ2n) is 3.36. The van der Waals surface area contributed by atoms with Gasteiger partial charge in [-0.25, -0.2) is 0 Å². The molecule has 76 valence electrons. The van der Waals surface area contributed by atoms with Gasteiger partial charge in [0.25, 0.3) is 0 Å². The second kappa shape index (κ2) is 5.88. The van der Waals surface area contributed by atoms with Crippen LogP contribution in [0.1, 0.15) is 12.8 Å². The zero-order valence-corrected chi connectivity index (χ0v) is 7.87. The number of nitrogens with zero attached hydrogens (tertiary/aromatic N) is 2. The Morgan fingerprint density at radius 2 is 2.00 bits per heavy atom. The molecule has 0 aromatic carbocycles. The average molecular weight is 187 g/mol. The number of hydrogen-bond donors (Lipinski definition) is 1. The fraction of sp³-hybridized carbons (Fsp3) is 1.00. The lowest BCUT2D eigenvalue weighted by Crippen LogP contribution is -2.43. The molecule has 0 aromatic heterocycles. The van der Waals surface area contributed by atoms with E-state index in [9.17, 15) is 10.1 Å². The van der Waals surface area contributed by atoms with Crippen molar-refractivity contribution in [2.45, 2.75) is 12.8 Å². The average Bonchev–Trinajstić information content (AvgIpc) is 2.14. The molecule has 0 radical (unpaired) electrons. The summed E-state index contributed by atoms with van der Waals surface area (Å²) in [5.74, 6) is 0. The standard InChI is InChI=1S/C8H17N3O2/c12-11(13)6-2-1-5-10-7-3-9-4-8-10/h9H,1-8H2. The Balaban J connectivity index is 1.95. The quantitative estimate of drug-likeness (QED) is 0.372. The molecule has 1 N–H and O–H groups in total. The lowest BCUT2D eigenvalue weighted by molar-refractivity contribution is -0.480. The van der Waals surface area contributed by atoms with Gasteiger partial charge in [-0.2, -0.15) is 0 Å². The predicted octanol–water partition coefficient (Wildman–Crippen LogP) is -0.0515. The first-order valence-corrected chi connectivity index (χ1v) is 4.84. The monoisotopic (exact) mass is 187 g/mol. The van der Waals surface area contributed by atoms with E-state index >= 15 is 0 Å². The Kier molecular flexibility index (Phi) is 4.70. The van der Waals surface area contributed by atoms with Crippen LogP contribution in [0, 0.1) is 10.1 Å². The molecule has 0 spiro atoms. The fourth-order valence-corrected chi connectivity index (χ4v) is 1.51. The summed E-state index contributed by atoms with van der Waals surface area (Å²) in [6.45, 7) is 5.39. The van der Waals surface area contributed by atoms with Gasteiger partial charge in [0.05, 0.1) is 0 Å². The topological polar surface area (TPSA) is 58.4 Å². The van der Waals surface area contributed by atoms with Crippen molar-refractivity contribution >= 4 is 0 Å². The first-order chi connectivity index (χ1) is 6.29. The highest BCUT2D eigenvalue weighted by Gasteiger charge is 2.08. The molecule has 0 saturated carbocycles. The van der Waals surface area contributed by atoms with Crippen LogP contribution in [0.5, 0.6) is 0 Å². The van der Waals surface area contributed by atoms with E-state index in [-0.39, 0.29) is 11.5 Å². The van der Waals surface area contributed by atoms with Crippen molar-refractivity contribution in [3.8, 4) is 0 Å². The SMILES string of the molecule is O=[N+]([O-])CCCCN1CCNCC1. The third kappa shape index (κ3) is 4.80. The molecule has 1 heterocycles. The van der Waals surface area contributed by atoms with Crippen LogP contribution in [-0.2, 0) is 0 Å². The summed E-state index contributed by atoms with van der Waals surface area (Å²) in [5, 5.41) is 13.3. The molecule has 1 aliphatic rings. The summed E-state index contributed by atoms with van der Waals surface area (Å²) in [7, 11) is 0. The van der Waals surface area contributed by atoms with E-state index in [1.54, 1.807) is 0 Å². The molecule has 0 aliphatic carbocycles. The van der Waals surface area contributed by atoms with E-state index < -0.39 is 0 Å². The minimum atomic E-state index is -0.238. The van der Waals surface area contributed by atoms with E-state index in [1.165, 1.54) is 0 Å². The van der Waals surface area contributed by atoms with Gasteiger partial charge in [0, 0.05) is 37.5 Å². The van der Waals surface area contributed by atoms with Crippen molar-refractivity contribution in [2.24, 2.45) is 0 Å². The van der Waals surface area contributed by atoms with Crippen molar-refractivity contribution in [2.75, 3.05) is 39.3 Å². The van der Waals surface area contributed by atoms with Crippen LogP contribution in [0.25, 0.3) is 0 Å². The Bertz CT molecular complexity index is 157. The molecule has 5 heteroatoms. The van der Waals surface area contributed by atoms with E-state index in [4.69, 9.17) is 0 Å². The summed E-state index contributed by atoms with van der Waals surface area (Å²) in [4.78, 5) is 12.2. The number of nitro groups is 1. The molecule has 5 nitrogen and oxygen atoms in total. The molecule has 13 heavy (non-hydrogen) atoms. The summed E-state index contributed by atoms with van der Waals surface area (Å²) in [5.41, 5.74) is 0. The number of unbranched alkanes of at least 4 members (excludes halogenated alkanes) is 1. The Morgan fingerprint density at radius 1 is 1.31 bits per heavy atom. The molecule has 0 aromatic rings. The molecular formula is C8H17N3O2. The first-order valence-electron chi connectivity index (χ1n) is 4.84. The number of nitrogens with one attached hydrogen (secondary N) is 1. The number of rotatable bonds is 5. The lowest BCUT2D eigenvalue weighted by Gasteiger charge is -2.26. The van der Waals surface area contributed by atoms with Crippen LogP contribution in [0.4, 0.5) is 0 Å². The minimum Gasteiger partial charge on any atom is -0.314 e. The highest BCUT2D eigenvalue weighted by atomic mass is 16.6. The third-order valence-corrected chi connectivity index (χ3v) is 2.27. The van der Waals surface area contributed by atoms with Crippen molar-refractivity contribution < 1.29 is 4.92 Å². The molecular weight excluding hydrogens is 170 g/mol. The van der Waals surface area contributed by atoms with Crippen LogP contribution < -0.4 is 5.32 Å². The summed E-state index contributed by atoms with van der Waals surface area (Å²) < 4.78 is 0. The van der Waals surface area contributed by atoms with Crippen LogP contribution in [0.2, 0.25) is 0 Å². The van der Waals surface area contributed by atoms with Crippen LogP contribution in [0.15, 0.2) is 0 Å². The van der Waals surface area contributed by atoms with Gasteiger partial charge in [-0.1, -0.05) is 0 Å². The Morgan fingerprint density at radius 3 is 2.62 bits per heavy atom. The Hall–Kier alpha value is -0.680. The van der Waals surface area contributed by atoms with Crippen LogP contribution in [0.3, 0.4) is 0 Å². The minimum absolute atomic E-state index is 0.117. The fourth-order valence-electron chi connectivity index (χ4n) is 1.51. The van der Waals surface area contributed by atoms with E-state index in [0.29, 0.717) is 6.42 Å². The van der Waals surface area contributed by atoms with Crippen LogP contribution >= 0.6 is 0 Å². The molecule has 1 saturated heterocycles. The van der Waals surface area contributed by atoms with Crippen molar-refractivity contribution in [3.63, 3.8) is 0 Å². The molecule has 1 rings (SSSR count). The zero-order chi connectivity index (χ0) is 9.52. The maximum Gasteiger partial charge on any atom is 0.203 e. The van der Waals surface area contributed by atoms with Gasteiger partial charge in [0.1, 0.15) is 0 Å². The van der Waals surface area contributed by atoms with E-state index in [1.807, 2.05) is 0 Å². The molecule has 1 fully saturated rings. The van der Waals surface area contributed by atoms with Gasteiger partial charge in [-0.3, -0.25) is 10.1 Å². The van der Waals surface area contributed by atoms with Gasteiger partial charge in [-0.05, 0) is 13.0 Å². The normalized spacial score (nSPS) is 18.8. The predicted molar refractivity (Wildman–Crippen MR) is 50.4 cm³/mol. The number of piperazine rings is 1. The largest absolute Gasteiger partial charge is 0.314 e. The van der Waals surface area contributed by atoms with Gasteiger partial charge in [0.15, 0.2) is 0 Å². The number of hydrogen-bond acceptors (Lipinski definition) is 4. The lowest BCUT2D eigenvalue weighted by atomic mass is 10.2. The highest BCUT2D eigenvalue weighted by Crippen LogP contribution is 1.97. The zero-order valence-electron chi connectivity index (χ0n) is 7.87. The highest BCUT2D eigenvalue weighted by molar-refractivity contribution is 4.66. The van der Waals surface area contributed by atoms with Crippen molar-refractivity contribution in [1.82, 2.24) is 10.2 Å². The van der Waals surface area contributed by atoms with E-state index in [2.05, 4.69) is 10.2 Å². The molecule has 0 unspecified atom stereocenters. The summed E-state index contributed by atoms with van der Waals surface area (Å²) in [6, 6.07) is 0. The Labute approximate surface area is 78.3 Å². The van der Waals surface area contributed by atoms with Crippen LogP contribution in [-0.4, -0.2) is 49.1 Å². The van der Waals surface area contributed by atoms with Crippen molar-refractivity contribution in [1.29, 1.82) is 0 Å². The second-order valence-corrected chi connectivity index (χ2v) is 3.36. The van der Waals surface area contributed by atoms with Gasteiger partial charge in [-0.15, -0.1) is 0 Å². The summed E-state index contributed by atoms with van der Waals surface area (Å²) >= 11 is 0. The van der Waals surface area contributed by atoms with Gasteiger partial charge >= 0.3 is 0 Å². The van der Waals surface area contributed by atoms with Gasteiger partial charge in [0.2, 0.25) is 6.54 Å². The third-order valence-electron chi connectivity index (χ3n) is 2.27. The first kappa shape index (κ1) is 10.4. The maximum atomic E-state index is 10.0. The molecule has 0 bridgehead atoms. The molecule has 0 amide bonds. The molecule has 0 atom stereocenters. The molecule has 1 aliphatic heterocycles. The smallest absolute Gasteiger partial charge is 0.203 e. The van der Waals surface area contributed by atoms with Gasteiger partial charge < -0.3 is 10.2 Å².